The smallest absolute Gasteiger partial charge is 0.127 e. The van der Waals surface area contributed by atoms with Gasteiger partial charge in [0.1, 0.15) is 12.0 Å². The lowest BCUT2D eigenvalue weighted by molar-refractivity contribution is -0.112. The molecule has 4 heteroatoms. The predicted molar refractivity (Wildman–Crippen MR) is 134 cm³/mol. The van der Waals surface area contributed by atoms with Crippen molar-refractivity contribution >= 4 is 17.1 Å². The zero-order valence-corrected chi connectivity index (χ0v) is 20.6. The number of aldehydes is 1. The van der Waals surface area contributed by atoms with Crippen molar-refractivity contribution in [1.82, 2.24) is 4.90 Å². The zero-order valence-electron chi connectivity index (χ0n) is 20.6. The SMILES string of the molecule is CC.CCC1CCC(Oc2cccc3cc(CN4CCC(C=O)CC4)ccc23)CC1.CO. The van der Waals surface area contributed by atoms with Crippen molar-refractivity contribution in [3.8, 4) is 5.75 Å². The number of hydrogen-bond donors (Lipinski definition) is 1. The van der Waals surface area contributed by atoms with Gasteiger partial charge >= 0.3 is 0 Å². The van der Waals surface area contributed by atoms with Crippen LogP contribution < -0.4 is 4.74 Å². The Morgan fingerprint density at radius 3 is 2.31 bits per heavy atom. The van der Waals surface area contributed by atoms with Gasteiger partial charge in [-0.15, -0.1) is 0 Å². The number of aliphatic hydroxyl groups is 1. The highest BCUT2D eigenvalue weighted by atomic mass is 16.5. The van der Waals surface area contributed by atoms with Gasteiger partial charge in [-0.25, -0.2) is 0 Å². The third-order valence-electron chi connectivity index (χ3n) is 6.80. The molecule has 2 aromatic carbocycles. The van der Waals surface area contributed by atoms with E-state index in [1.807, 2.05) is 13.8 Å². The molecule has 0 aromatic heterocycles. The van der Waals surface area contributed by atoms with Crippen molar-refractivity contribution in [3.63, 3.8) is 0 Å². The van der Waals surface area contributed by atoms with Gasteiger partial charge in [0.15, 0.2) is 0 Å². The Labute approximate surface area is 195 Å². The first-order chi connectivity index (χ1) is 15.7. The van der Waals surface area contributed by atoms with E-state index in [0.717, 1.165) is 57.5 Å². The molecule has 1 heterocycles. The number of carbonyl (C=O) groups excluding carboxylic acids is 1. The molecule has 1 aliphatic heterocycles. The Balaban J connectivity index is 0.000000860. The molecule has 178 valence electrons. The summed E-state index contributed by atoms with van der Waals surface area (Å²) in [6.45, 7) is 9.31. The molecule has 0 unspecified atom stereocenters. The number of aliphatic hydroxyl groups excluding tert-OH is 1. The third kappa shape index (κ3) is 7.31. The number of fused-ring (bicyclic) bond motifs is 1. The van der Waals surface area contributed by atoms with Gasteiger partial charge in [0.05, 0.1) is 6.10 Å². The van der Waals surface area contributed by atoms with Gasteiger partial charge in [0, 0.05) is 25.0 Å². The van der Waals surface area contributed by atoms with Gasteiger partial charge in [-0.1, -0.05) is 51.5 Å². The number of piperidine rings is 1. The molecule has 0 amide bonds. The van der Waals surface area contributed by atoms with Crippen LogP contribution in [0.3, 0.4) is 0 Å². The topological polar surface area (TPSA) is 49.8 Å². The lowest BCUT2D eigenvalue weighted by Gasteiger charge is -2.30. The molecule has 1 N–H and O–H groups in total. The lowest BCUT2D eigenvalue weighted by atomic mass is 9.86. The summed E-state index contributed by atoms with van der Waals surface area (Å²) < 4.78 is 6.43. The Kier molecular flexibility index (Phi) is 11.8. The Bertz CT molecular complexity index is 790. The van der Waals surface area contributed by atoms with E-state index in [4.69, 9.17) is 9.84 Å². The molecule has 4 rings (SSSR count). The average molecular weight is 442 g/mol. The summed E-state index contributed by atoms with van der Waals surface area (Å²) in [6, 6.07) is 13.2. The first-order valence-corrected chi connectivity index (χ1v) is 12.6. The van der Waals surface area contributed by atoms with E-state index in [-0.39, 0.29) is 5.92 Å². The van der Waals surface area contributed by atoms with Crippen LogP contribution >= 0.6 is 0 Å². The van der Waals surface area contributed by atoms with E-state index >= 15 is 0 Å². The molecule has 4 nitrogen and oxygen atoms in total. The van der Waals surface area contributed by atoms with Crippen LogP contribution in [0.5, 0.6) is 5.75 Å². The van der Waals surface area contributed by atoms with Crippen molar-refractivity contribution in [3.05, 3.63) is 42.0 Å². The molecule has 1 saturated carbocycles. The minimum Gasteiger partial charge on any atom is -0.490 e. The van der Waals surface area contributed by atoms with Crippen LogP contribution in [0.15, 0.2) is 36.4 Å². The van der Waals surface area contributed by atoms with Crippen LogP contribution in [0.2, 0.25) is 0 Å². The van der Waals surface area contributed by atoms with Crippen molar-refractivity contribution in [2.45, 2.75) is 78.4 Å². The van der Waals surface area contributed by atoms with E-state index in [0.29, 0.717) is 6.10 Å². The van der Waals surface area contributed by atoms with E-state index in [2.05, 4.69) is 48.2 Å². The second-order valence-electron chi connectivity index (χ2n) is 8.73. The summed E-state index contributed by atoms with van der Waals surface area (Å²) in [5.74, 6) is 2.20. The standard InChI is InChI=1S/C25H33NO2.C2H6.CH4O/c1-2-19-6-9-23(10-7-19)28-25-5-3-4-22-16-21(8-11-24(22)25)17-26-14-12-20(18-27)13-15-26;2*1-2/h3-5,8,11,16,18-20,23H,2,6-7,9-10,12-15,17H2,1H3;1-2H3;2H,1H3. The maximum atomic E-state index is 10.9. The fourth-order valence-corrected chi connectivity index (χ4v) is 4.85. The average Bonchev–Trinajstić information content (AvgIpc) is 2.87. The van der Waals surface area contributed by atoms with Gasteiger partial charge in [0.2, 0.25) is 0 Å². The highest BCUT2D eigenvalue weighted by molar-refractivity contribution is 5.88. The zero-order chi connectivity index (χ0) is 23.3. The molecule has 0 radical (unpaired) electrons. The number of hydrogen-bond acceptors (Lipinski definition) is 4. The number of nitrogens with zero attached hydrogens (tertiary/aromatic N) is 1. The number of likely N-dealkylation sites (tertiary alicyclic amines) is 1. The molecule has 2 aliphatic rings. The molecule has 1 saturated heterocycles. The Morgan fingerprint density at radius 2 is 1.69 bits per heavy atom. The fourth-order valence-electron chi connectivity index (χ4n) is 4.85. The summed E-state index contributed by atoms with van der Waals surface area (Å²) in [6.07, 6.45) is 9.76. The second-order valence-corrected chi connectivity index (χ2v) is 8.73. The monoisotopic (exact) mass is 441 g/mol. The van der Waals surface area contributed by atoms with E-state index in [1.54, 1.807) is 0 Å². The van der Waals surface area contributed by atoms with E-state index < -0.39 is 0 Å². The number of carbonyl (C=O) groups is 1. The normalized spacial score (nSPS) is 21.7. The molecule has 2 aromatic rings. The fraction of sp³-hybridized carbons (Fsp3) is 0.607. The van der Waals surface area contributed by atoms with Gasteiger partial charge in [-0.2, -0.15) is 0 Å². The predicted octanol–water partition coefficient (Wildman–Crippen LogP) is 6.23. The quantitative estimate of drug-likeness (QED) is 0.540. The van der Waals surface area contributed by atoms with Crippen molar-refractivity contribution in [2.75, 3.05) is 20.2 Å². The summed E-state index contributed by atoms with van der Waals surface area (Å²) in [5.41, 5.74) is 1.35. The number of benzene rings is 2. The molecular formula is C28H43NO3. The highest BCUT2D eigenvalue weighted by Gasteiger charge is 2.22. The first-order valence-electron chi connectivity index (χ1n) is 12.6. The second kappa shape index (κ2) is 14.3. The molecule has 0 atom stereocenters. The molecule has 32 heavy (non-hydrogen) atoms. The van der Waals surface area contributed by atoms with Gasteiger partial charge in [-0.3, -0.25) is 4.90 Å². The van der Waals surface area contributed by atoms with Crippen LogP contribution in [-0.2, 0) is 11.3 Å². The van der Waals surface area contributed by atoms with Crippen LogP contribution in [0, 0.1) is 11.8 Å². The van der Waals surface area contributed by atoms with E-state index in [9.17, 15) is 4.79 Å². The summed E-state index contributed by atoms with van der Waals surface area (Å²) in [4.78, 5) is 13.4. The number of ether oxygens (including phenoxy) is 1. The van der Waals surface area contributed by atoms with Crippen molar-refractivity contribution in [1.29, 1.82) is 0 Å². The summed E-state index contributed by atoms with van der Waals surface area (Å²) in [5, 5.41) is 9.49. The summed E-state index contributed by atoms with van der Waals surface area (Å²) in [7, 11) is 1.00. The van der Waals surface area contributed by atoms with Crippen LogP contribution in [0.25, 0.3) is 10.8 Å². The molecule has 0 bridgehead atoms. The Hall–Kier alpha value is -1.91. The first kappa shape index (κ1) is 26.3. The Morgan fingerprint density at radius 1 is 1.00 bits per heavy atom. The summed E-state index contributed by atoms with van der Waals surface area (Å²) >= 11 is 0. The van der Waals surface area contributed by atoms with Crippen molar-refractivity contribution in [2.24, 2.45) is 11.8 Å². The third-order valence-corrected chi connectivity index (χ3v) is 6.80. The van der Waals surface area contributed by atoms with E-state index in [1.165, 1.54) is 48.4 Å². The maximum absolute atomic E-state index is 10.9. The van der Waals surface area contributed by atoms with Gasteiger partial charge in [0.25, 0.3) is 0 Å². The maximum Gasteiger partial charge on any atom is 0.127 e. The van der Waals surface area contributed by atoms with Crippen LogP contribution in [0.1, 0.15) is 71.3 Å². The molecular weight excluding hydrogens is 398 g/mol. The molecule has 0 spiro atoms. The minimum atomic E-state index is 0.264. The van der Waals surface area contributed by atoms with Crippen LogP contribution in [-0.4, -0.2) is 42.6 Å². The van der Waals surface area contributed by atoms with Gasteiger partial charge in [-0.05, 0) is 80.6 Å². The van der Waals surface area contributed by atoms with Gasteiger partial charge < -0.3 is 14.6 Å². The minimum absolute atomic E-state index is 0.264. The number of rotatable bonds is 6. The largest absolute Gasteiger partial charge is 0.490 e. The highest BCUT2D eigenvalue weighted by Crippen LogP contribution is 2.33. The molecule has 2 fully saturated rings. The van der Waals surface area contributed by atoms with Crippen LogP contribution in [0.4, 0.5) is 0 Å². The lowest BCUT2D eigenvalue weighted by Crippen LogP contribution is -2.33. The van der Waals surface area contributed by atoms with Crippen molar-refractivity contribution < 1.29 is 14.6 Å². The molecule has 1 aliphatic carbocycles.